The van der Waals surface area contributed by atoms with Gasteiger partial charge in [-0.15, -0.1) is 0 Å². The smallest absolute Gasteiger partial charge is 0.0420 e. The molecular formula is C4H7ClN. The Balaban J connectivity index is 2.18. The highest BCUT2D eigenvalue weighted by Crippen LogP contribution is 2.12. The molecule has 1 saturated heterocycles. The van der Waals surface area contributed by atoms with Gasteiger partial charge in [0.2, 0.25) is 0 Å². The SMILES string of the molecule is ClN1[CH]CCC1. The van der Waals surface area contributed by atoms with Gasteiger partial charge in [0.25, 0.3) is 0 Å². The number of halogens is 1. The number of rotatable bonds is 0. The second-order valence-electron chi connectivity index (χ2n) is 1.45. The first kappa shape index (κ1) is 4.41. The van der Waals surface area contributed by atoms with Gasteiger partial charge < -0.3 is 0 Å². The molecule has 0 amide bonds. The van der Waals surface area contributed by atoms with E-state index in [1.165, 1.54) is 6.42 Å². The molecule has 1 rings (SSSR count). The fourth-order valence-corrected chi connectivity index (χ4v) is 0.782. The van der Waals surface area contributed by atoms with Gasteiger partial charge in [-0.3, -0.25) is 0 Å². The summed E-state index contributed by atoms with van der Waals surface area (Å²) in [7, 11) is 0. The van der Waals surface area contributed by atoms with E-state index in [0.29, 0.717) is 0 Å². The summed E-state index contributed by atoms with van der Waals surface area (Å²) in [6.45, 7) is 3.03. The van der Waals surface area contributed by atoms with Crippen molar-refractivity contribution in [3.05, 3.63) is 6.54 Å². The minimum absolute atomic E-state index is 1.03. The van der Waals surface area contributed by atoms with Crippen LogP contribution in [0, 0.1) is 6.54 Å². The standard InChI is InChI=1S/C4H7ClN/c5-6-3-1-2-4-6/h3H,1-2,4H2. The van der Waals surface area contributed by atoms with Crippen LogP contribution in [0.15, 0.2) is 0 Å². The molecule has 1 fully saturated rings. The van der Waals surface area contributed by atoms with Crippen LogP contribution in [0.3, 0.4) is 0 Å². The first-order valence-electron chi connectivity index (χ1n) is 2.15. The molecule has 1 aliphatic heterocycles. The topological polar surface area (TPSA) is 3.24 Å². The zero-order chi connectivity index (χ0) is 4.41. The van der Waals surface area contributed by atoms with Gasteiger partial charge in [-0.1, -0.05) is 0 Å². The van der Waals surface area contributed by atoms with E-state index in [0.717, 1.165) is 13.0 Å². The Labute approximate surface area is 43.0 Å². The van der Waals surface area contributed by atoms with Crippen LogP contribution in [-0.4, -0.2) is 11.0 Å². The third-order valence-corrected chi connectivity index (χ3v) is 1.21. The van der Waals surface area contributed by atoms with Crippen LogP contribution in [0.4, 0.5) is 0 Å². The molecule has 1 aliphatic rings. The van der Waals surface area contributed by atoms with Crippen LogP contribution in [0.5, 0.6) is 0 Å². The zero-order valence-electron chi connectivity index (χ0n) is 3.52. The predicted molar refractivity (Wildman–Crippen MR) is 26.1 cm³/mol. The Hall–Kier alpha value is 0.250. The summed E-state index contributed by atoms with van der Waals surface area (Å²) in [6, 6.07) is 0. The number of hydrogen-bond donors (Lipinski definition) is 0. The maximum atomic E-state index is 5.49. The van der Waals surface area contributed by atoms with Crippen LogP contribution in [0.1, 0.15) is 12.8 Å². The van der Waals surface area contributed by atoms with E-state index in [-0.39, 0.29) is 0 Å². The summed E-state index contributed by atoms with van der Waals surface area (Å²) in [5, 5.41) is 0. The Morgan fingerprint density at radius 2 is 2.50 bits per heavy atom. The molecule has 0 N–H and O–H groups in total. The summed E-state index contributed by atoms with van der Waals surface area (Å²) in [5.41, 5.74) is 0. The largest absolute Gasteiger partial charge is 0.215 e. The van der Waals surface area contributed by atoms with Crippen molar-refractivity contribution < 1.29 is 0 Å². The van der Waals surface area contributed by atoms with Gasteiger partial charge in [0.05, 0.1) is 0 Å². The van der Waals surface area contributed by atoms with Crippen molar-refractivity contribution in [1.29, 1.82) is 0 Å². The molecule has 1 nitrogen and oxygen atoms in total. The van der Waals surface area contributed by atoms with E-state index in [1.54, 1.807) is 4.42 Å². The minimum Gasteiger partial charge on any atom is -0.215 e. The third kappa shape index (κ3) is 0.854. The lowest BCUT2D eigenvalue weighted by molar-refractivity contribution is 0.632. The summed E-state index contributed by atoms with van der Waals surface area (Å²) in [4.78, 5) is 0. The van der Waals surface area contributed by atoms with E-state index >= 15 is 0 Å². The third-order valence-electron chi connectivity index (χ3n) is 0.903. The lowest BCUT2D eigenvalue weighted by Crippen LogP contribution is -1.97. The van der Waals surface area contributed by atoms with E-state index in [9.17, 15) is 0 Å². The second-order valence-corrected chi connectivity index (χ2v) is 1.88. The predicted octanol–water partition coefficient (Wildman–Crippen LogP) is 1.40. The van der Waals surface area contributed by atoms with Crippen molar-refractivity contribution >= 4 is 11.8 Å². The molecule has 0 spiro atoms. The molecule has 0 unspecified atom stereocenters. The Bertz CT molecular complexity index is 40.8. The van der Waals surface area contributed by atoms with E-state index in [4.69, 9.17) is 11.8 Å². The van der Waals surface area contributed by atoms with Gasteiger partial charge in [0, 0.05) is 13.1 Å². The van der Waals surface area contributed by atoms with Crippen LogP contribution >= 0.6 is 11.8 Å². The Kier molecular flexibility index (Phi) is 1.33. The molecule has 1 radical (unpaired) electrons. The first-order valence-corrected chi connectivity index (χ1v) is 2.49. The van der Waals surface area contributed by atoms with E-state index in [1.807, 2.05) is 6.54 Å². The fraction of sp³-hybridized carbons (Fsp3) is 0.750. The number of nitrogens with zero attached hydrogens (tertiary/aromatic N) is 1. The molecule has 0 aliphatic carbocycles. The molecule has 0 aromatic rings. The second kappa shape index (κ2) is 1.80. The van der Waals surface area contributed by atoms with Gasteiger partial charge in [0.1, 0.15) is 0 Å². The van der Waals surface area contributed by atoms with E-state index in [2.05, 4.69) is 0 Å². The molecule has 0 saturated carbocycles. The minimum atomic E-state index is 1.03. The Morgan fingerprint density at radius 1 is 1.67 bits per heavy atom. The summed E-state index contributed by atoms with van der Waals surface area (Å²) >= 11 is 5.49. The van der Waals surface area contributed by atoms with Gasteiger partial charge in [-0.2, -0.15) is 0 Å². The quantitative estimate of drug-likeness (QED) is 0.420. The highest BCUT2D eigenvalue weighted by Gasteiger charge is 2.06. The van der Waals surface area contributed by atoms with Crippen molar-refractivity contribution in [3.63, 3.8) is 0 Å². The molecule has 35 valence electrons. The van der Waals surface area contributed by atoms with Crippen LogP contribution in [0.25, 0.3) is 0 Å². The van der Waals surface area contributed by atoms with Gasteiger partial charge >= 0.3 is 0 Å². The summed E-state index contributed by atoms with van der Waals surface area (Å²) in [5.74, 6) is 0. The molecule has 2 heteroatoms. The van der Waals surface area contributed by atoms with Crippen molar-refractivity contribution in [3.8, 4) is 0 Å². The zero-order valence-corrected chi connectivity index (χ0v) is 4.28. The summed E-state index contributed by atoms with van der Waals surface area (Å²) in [6.07, 6.45) is 2.38. The maximum absolute atomic E-state index is 5.49. The molecule has 1 heterocycles. The average molecular weight is 105 g/mol. The maximum Gasteiger partial charge on any atom is 0.0420 e. The lowest BCUT2D eigenvalue weighted by atomic mass is 10.4. The highest BCUT2D eigenvalue weighted by molar-refractivity contribution is 6.13. The van der Waals surface area contributed by atoms with Crippen molar-refractivity contribution in [2.75, 3.05) is 6.54 Å². The molecular weight excluding hydrogens is 97.5 g/mol. The first-order chi connectivity index (χ1) is 2.89. The summed E-state index contributed by atoms with van der Waals surface area (Å²) < 4.78 is 1.71. The van der Waals surface area contributed by atoms with Crippen molar-refractivity contribution in [2.45, 2.75) is 12.8 Å². The van der Waals surface area contributed by atoms with Crippen molar-refractivity contribution in [1.82, 2.24) is 4.42 Å². The highest BCUT2D eigenvalue weighted by atomic mass is 35.5. The van der Waals surface area contributed by atoms with Crippen LogP contribution < -0.4 is 0 Å². The van der Waals surface area contributed by atoms with Crippen molar-refractivity contribution in [2.24, 2.45) is 0 Å². The normalized spacial score (nSPS) is 25.5. The van der Waals surface area contributed by atoms with Gasteiger partial charge in [0.15, 0.2) is 0 Å². The van der Waals surface area contributed by atoms with Gasteiger partial charge in [-0.25, -0.2) is 4.42 Å². The Morgan fingerprint density at radius 3 is 2.67 bits per heavy atom. The molecule has 0 aromatic carbocycles. The fourth-order valence-electron chi connectivity index (χ4n) is 0.565. The monoisotopic (exact) mass is 104 g/mol. The molecule has 0 atom stereocenters. The molecule has 6 heavy (non-hydrogen) atoms. The van der Waals surface area contributed by atoms with Gasteiger partial charge in [-0.05, 0) is 24.6 Å². The molecule has 0 bridgehead atoms. The lowest BCUT2D eigenvalue weighted by Gasteiger charge is -1.95. The number of hydrogen-bond acceptors (Lipinski definition) is 1. The average Bonchev–Trinajstić information content (AvgIpc) is 1.86. The van der Waals surface area contributed by atoms with Crippen LogP contribution in [0.2, 0.25) is 0 Å². The van der Waals surface area contributed by atoms with E-state index < -0.39 is 0 Å². The molecule has 0 aromatic heterocycles. The van der Waals surface area contributed by atoms with Crippen LogP contribution in [-0.2, 0) is 0 Å².